The molecule has 13 heteroatoms. The molecule has 2 amide bonds. The van der Waals surface area contributed by atoms with E-state index in [0.717, 1.165) is 16.3 Å². The minimum absolute atomic E-state index is 0.168. The number of pyridine rings is 1. The van der Waals surface area contributed by atoms with Crippen molar-refractivity contribution in [3.63, 3.8) is 0 Å². The first kappa shape index (κ1) is 33.5. The molecule has 1 aromatic heterocycles. The highest BCUT2D eigenvalue weighted by molar-refractivity contribution is 5.97. The van der Waals surface area contributed by atoms with Gasteiger partial charge in [0.05, 0.1) is 70.3 Å². The van der Waals surface area contributed by atoms with E-state index in [1.54, 1.807) is 25.2 Å². The predicted octanol–water partition coefficient (Wildman–Crippen LogP) is 5.59. The Balaban J connectivity index is 1.20. The number of nitrogens with one attached hydrogen (secondary N) is 1. The highest BCUT2D eigenvalue weighted by atomic mass is 16.6. The summed E-state index contributed by atoms with van der Waals surface area (Å²) in [5, 5.41) is 8.36. The Morgan fingerprint density at radius 3 is 2.07 bits per heavy atom. The van der Waals surface area contributed by atoms with Crippen LogP contribution in [0.5, 0.6) is 0 Å². The number of amides is 2. The van der Waals surface area contributed by atoms with E-state index in [9.17, 15) is 9.59 Å². The number of anilines is 1. The van der Waals surface area contributed by atoms with Crippen molar-refractivity contribution < 1.29 is 33.3 Å². The van der Waals surface area contributed by atoms with E-state index in [1.165, 1.54) is 4.90 Å². The fraction of sp³-hybridized carbons (Fsp3) is 0.500. The van der Waals surface area contributed by atoms with Gasteiger partial charge in [-0.15, -0.1) is 0 Å². The minimum Gasteiger partial charge on any atom is -0.444 e. The number of carbonyl (C=O) groups is 2. The fourth-order valence-electron chi connectivity index (χ4n) is 3.79. The van der Waals surface area contributed by atoms with Gasteiger partial charge in [-0.05, 0) is 50.6 Å². The van der Waals surface area contributed by atoms with E-state index in [0.29, 0.717) is 69.7 Å². The summed E-state index contributed by atoms with van der Waals surface area (Å²) in [5.74, 6) is -0.168. The zero-order valence-electron chi connectivity index (χ0n) is 25.2. The van der Waals surface area contributed by atoms with Crippen molar-refractivity contribution in [1.82, 2.24) is 9.88 Å². The van der Waals surface area contributed by atoms with Crippen LogP contribution < -0.4 is 5.32 Å². The Morgan fingerprint density at radius 2 is 1.44 bits per heavy atom. The lowest BCUT2D eigenvalue weighted by molar-refractivity contribution is -0.117. The normalized spacial score (nSPS) is 11.3. The van der Waals surface area contributed by atoms with Crippen molar-refractivity contribution >= 4 is 45.2 Å². The van der Waals surface area contributed by atoms with Crippen LogP contribution >= 0.6 is 0 Å². The van der Waals surface area contributed by atoms with Gasteiger partial charge < -0.3 is 33.9 Å². The number of hydrogen-bond acceptors (Lipinski definition) is 9. The molecule has 0 saturated carbocycles. The third-order valence-electron chi connectivity index (χ3n) is 5.91. The predicted molar refractivity (Wildman–Crippen MR) is 163 cm³/mol. The lowest BCUT2D eigenvalue weighted by Crippen LogP contribution is -2.36. The molecule has 13 nitrogen and oxygen atoms in total. The summed E-state index contributed by atoms with van der Waals surface area (Å²) < 4.78 is 27.2. The molecule has 0 fully saturated rings. The van der Waals surface area contributed by atoms with E-state index >= 15 is 0 Å². The summed E-state index contributed by atoms with van der Waals surface area (Å²) in [4.78, 5) is 33.2. The van der Waals surface area contributed by atoms with Gasteiger partial charge in [0.1, 0.15) is 5.60 Å². The molecule has 0 atom stereocenters. The second-order valence-electron chi connectivity index (χ2n) is 10.6. The number of nitrogens with zero attached hydrogens (tertiary/aromatic N) is 5. The molecule has 0 aliphatic rings. The molecule has 0 saturated heterocycles. The lowest BCUT2D eigenvalue weighted by Gasteiger charge is -2.24. The van der Waals surface area contributed by atoms with Crippen LogP contribution in [0.4, 0.5) is 16.2 Å². The van der Waals surface area contributed by atoms with E-state index in [1.807, 2.05) is 45.0 Å². The summed E-state index contributed by atoms with van der Waals surface area (Å²) in [5.41, 5.74) is 10.7. The second-order valence-corrected chi connectivity index (χ2v) is 10.6. The molecule has 232 valence electrons. The molecule has 0 aliphatic heterocycles. The monoisotopic (exact) mass is 596 g/mol. The Labute approximate surface area is 251 Å². The van der Waals surface area contributed by atoms with Gasteiger partial charge >= 0.3 is 6.09 Å². The summed E-state index contributed by atoms with van der Waals surface area (Å²) in [6, 6.07) is 12.9. The number of fused-ring (bicyclic) bond motifs is 2. The van der Waals surface area contributed by atoms with Crippen molar-refractivity contribution in [2.75, 3.05) is 71.8 Å². The van der Waals surface area contributed by atoms with E-state index in [-0.39, 0.29) is 25.0 Å². The molecule has 1 heterocycles. The number of hydrogen-bond donors (Lipinski definition) is 1. The summed E-state index contributed by atoms with van der Waals surface area (Å²) in [6.07, 6.45) is -0.176. The van der Waals surface area contributed by atoms with Crippen LogP contribution in [0.15, 0.2) is 47.6 Å². The van der Waals surface area contributed by atoms with Crippen molar-refractivity contribution in [1.29, 1.82) is 0 Å². The molecule has 43 heavy (non-hydrogen) atoms. The SMILES string of the molecule is CN(CCOCCOCCOCCOCCC(=O)Nc1ccc2cc3ccc(N=[N+]=[N-])cc3nc2c1)C(=O)OC(C)(C)C. The molecule has 0 radical (unpaired) electrons. The largest absolute Gasteiger partial charge is 0.444 e. The van der Waals surface area contributed by atoms with Gasteiger partial charge in [0.25, 0.3) is 0 Å². The molecule has 0 unspecified atom stereocenters. The maximum Gasteiger partial charge on any atom is 0.410 e. The number of azide groups is 1. The first-order valence-electron chi connectivity index (χ1n) is 14.1. The number of aromatic nitrogens is 1. The highest BCUT2D eigenvalue weighted by Crippen LogP contribution is 2.25. The van der Waals surface area contributed by atoms with Gasteiger partial charge in [-0.3, -0.25) is 4.79 Å². The van der Waals surface area contributed by atoms with Crippen LogP contribution in [-0.4, -0.2) is 93.9 Å². The van der Waals surface area contributed by atoms with E-state index < -0.39 is 5.60 Å². The molecule has 3 aromatic rings. The first-order valence-corrected chi connectivity index (χ1v) is 14.1. The quantitative estimate of drug-likeness (QED) is 0.0694. The summed E-state index contributed by atoms with van der Waals surface area (Å²) >= 11 is 0. The van der Waals surface area contributed by atoms with Gasteiger partial charge in [0, 0.05) is 40.7 Å². The average Bonchev–Trinajstić information content (AvgIpc) is 2.95. The third-order valence-corrected chi connectivity index (χ3v) is 5.91. The third kappa shape index (κ3) is 12.4. The van der Waals surface area contributed by atoms with Crippen molar-refractivity contribution in [2.45, 2.75) is 32.8 Å². The summed E-state index contributed by atoms with van der Waals surface area (Å²) in [6.45, 7) is 9.02. The Bertz CT molecular complexity index is 1410. The highest BCUT2D eigenvalue weighted by Gasteiger charge is 2.19. The van der Waals surface area contributed by atoms with Crippen LogP contribution in [-0.2, 0) is 28.5 Å². The Morgan fingerprint density at radius 1 is 0.860 bits per heavy atom. The molecule has 3 rings (SSSR count). The van der Waals surface area contributed by atoms with Crippen molar-refractivity contribution in [3.8, 4) is 0 Å². The lowest BCUT2D eigenvalue weighted by atomic mass is 10.1. The Hall–Kier alpha value is -4.00. The van der Waals surface area contributed by atoms with Gasteiger partial charge in [0.2, 0.25) is 5.91 Å². The molecule has 0 bridgehead atoms. The second kappa shape index (κ2) is 17.2. The molecule has 0 spiro atoms. The standard InChI is InChI=1S/C30H40N6O7/c1-30(2,3)43-29(38)36(4)10-12-40-14-16-42-18-17-41-15-13-39-11-9-28(37)32-24-7-5-22-19-23-6-8-25(34-35-31)21-27(23)33-26(22)20-24/h5-8,19-21H,9-18H2,1-4H3,(H,32,37). The van der Waals surface area contributed by atoms with Crippen molar-refractivity contribution in [3.05, 3.63) is 52.9 Å². The van der Waals surface area contributed by atoms with Crippen LogP contribution in [0.3, 0.4) is 0 Å². The Kier molecular flexibility index (Phi) is 13.4. The molecule has 2 aromatic carbocycles. The molecule has 0 aliphatic carbocycles. The number of ether oxygens (including phenoxy) is 5. The van der Waals surface area contributed by atoms with Gasteiger partial charge in [-0.1, -0.05) is 23.3 Å². The first-order chi connectivity index (χ1) is 20.6. The van der Waals surface area contributed by atoms with Gasteiger partial charge in [-0.2, -0.15) is 0 Å². The van der Waals surface area contributed by atoms with Crippen LogP contribution in [0, 0.1) is 0 Å². The number of benzene rings is 2. The van der Waals surface area contributed by atoms with E-state index in [4.69, 9.17) is 29.2 Å². The minimum atomic E-state index is -0.524. The smallest absolute Gasteiger partial charge is 0.410 e. The van der Waals surface area contributed by atoms with Crippen LogP contribution in [0.1, 0.15) is 27.2 Å². The van der Waals surface area contributed by atoms with Crippen LogP contribution in [0.2, 0.25) is 0 Å². The zero-order chi connectivity index (χ0) is 31.1. The fourth-order valence-corrected chi connectivity index (χ4v) is 3.79. The van der Waals surface area contributed by atoms with Crippen LogP contribution in [0.25, 0.3) is 32.2 Å². The molecular formula is C30H40N6O7. The average molecular weight is 597 g/mol. The maximum absolute atomic E-state index is 12.4. The number of carbonyl (C=O) groups excluding carboxylic acids is 2. The van der Waals surface area contributed by atoms with E-state index in [2.05, 4.69) is 20.3 Å². The molecular weight excluding hydrogens is 556 g/mol. The topological polar surface area (TPSA) is 157 Å². The number of rotatable bonds is 17. The summed E-state index contributed by atoms with van der Waals surface area (Å²) in [7, 11) is 1.67. The number of likely N-dealkylation sites (N-methyl/N-ethyl adjacent to an activating group) is 1. The van der Waals surface area contributed by atoms with Crippen molar-refractivity contribution in [2.24, 2.45) is 5.11 Å². The molecule has 1 N–H and O–H groups in total. The maximum atomic E-state index is 12.4. The van der Waals surface area contributed by atoms with Gasteiger partial charge in [-0.25, -0.2) is 9.78 Å². The van der Waals surface area contributed by atoms with Gasteiger partial charge in [0.15, 0.2) is 0 Å². The zero-order valence-corrected chi connectivity index (χ0v) is 25.2.